The number of hydrogen-bond acceptors (Lipinski definition) is 4. The lowest BCUT2D eigenvalue weighted by molar-refractivity contribution is 0.0356. The number of rotatable bonds is 7. The van der Waals surface area contributed by atoms with Crippen LogP contribution in [0.4, 0.5) is 0 Å². The highest BCUT2D eigenvalue weighted by Crippen LogP contribution is 2.21. The maximum atomic E-state index is 5.88. The zero-order valence-electron chi connectivity index (χ0n) is 17.2. The Morgan fingerprint density at radius 2 is 1.89 bits per heavy atom. The molecule has 156 valence electrons. The Bertz CT molecular complexity index is 599. The molecular weight excluding hydrogens is 370 g/mol. The van der Waals surface area contributed by atoms with E-state index in [0.717, 1.165) is 56.8 Å². The van der Waals surface area contributed by atoms with Gasteiger partial charge in [-0.3, -0.25) is 4.90 Å². The average Bonchev–Trinajstić information content (AvgIpc) is 3.00. The van der Waals surface area contributed by atoms with Crippen molar-refractivity contribution in [2.45, 2.75) is 51.1 Å². The fourth-order valence-corrected chi connectivity index (χ4v) is 4.39. The molecule has 1 N–H and O–H groups in total. The topological polar surface area (TPSA) is 37.0 Å². The Balaban J connectivity index is 1.64. The Labute approximate surface area is 175 Å². The lowest BCUT2D eigenvalue weighted by Gasteiger charge is -2.33. The number of hydrogen-bond donors (Lipinski definition) is 1. The highest BCUT2D eigenvalue weighted by molar-refractivity contribution is 7.80. The summed E-state index contributed by atoms with van der Waals surface area (Å²) < 4.78 is 11.1. The molecule has 5 nitrogen and oxygen atoms in total. The molecule has 1 aromatic rings. The molecule has 0 amide bonds. The van der Waals surface area contributed by atoms with Crippen molar-refractivity contribution in [2.75, 3.05) is 46.5 Å². The van der Waals surface area contributed by atoms with Gasteiger partial charge >= 0.3 is 0 Å². The Morgan fingerprint density at radius 3 is 2.61 bits per heavy atom. The minimum absolute atomic E-state index is 0.513. The van der Waals surface area contributed by atoms with Crippen LogP contribution in [0.15, 0.2) is 24.3 Å². The molecule has 0 radical (unpaired) electrons. The van der Waals surface area contributed by atoms with Gasteiger partial charge in [-0.1, -0.05) is 43.9 Å². The van der Waals surface area contributed by atoms with Gasteiger partial charge in [0.25, 0.3) is 0 Å². The van der Waals surface area contributed by atoms with E-state index in [1.807, 2.05) is 12.1 Å². The lowest BCUT2D eigenvalue weighted by Crippen LogP contribution is -2.48. The van der Waals surface area contributed by atoms with Crippen LogP contribution in [0.2, 0.25) is 0 Å². The molecule has 0 aromatic heterocycles. The van der Waals surface area contributed by atoms with Crippen LogP contribution in [-0.4, -0.2) is 67.5 Å². The van der Waals surface area contributed by atoms with Crippen LogP contribution in [0.5, 0.6) is 5.75 Å². The number of nitrogens with one attached hydrogen (secondary N) is 1. The molecule has 0 unspecified atom stereocenters. The molecule has 1 aliphatic heterocycles. The van der Waals surface area contributed by atoms with E-state index in [0.29, 0.717) is 6.04 Å². The van der Waals surface area contributed by atoms with E-state index in [2.05, 4.69) is 27.2 Å². The smallest absolute Gasteiger partial charge is 0.169 e. The van der Waals surface area contributed by atoms with Crippen molar-refractivity contribution >= 4 is 17.3 Å². The third-order valence-electron chi connectivity index (χ3n) is 5.81. The zero-order valence-corrected chi connectivity index (χ0v) is 18.0. The molecule has 1 saturated heterocycles. The Hall–Kier alpha value is -1.37. The van der Waals surface area contributed by atoms with Crippen LogP contribution < -0.4 is 10.1 Å². The first-order valence-corrected chi connectivity index (χ1v) is 11.1. The van der Waals surface area contributed by atoms with E-state index in [-0.39, 0.29) is 0 Å². The fourth-order valence-electron chi connectivity index (χ4n) is 4.07. The van der Waals surface area contributed by atoms with Crippen LogP contribution in [0.1, 0.15) is 44.1 Å². The largest absolute Gasteiger partial charge is 0.496 e. The Morgan fingerprint density at radius 1 is 1.18 bits per heavy atom. The third-order valence-corrected chi connectivity index (χ3v) is 6.19. The molecule has 3 rings (SSSR count). The zero-order chi connectivity index (χ0) is 19.6. The van der Waals surface area contributed by atoms with Gasteiger partial charge in [0.05, 0.1) is 20.3 Å². The lowest BCUT2D eigenvalue weighted by atomic mass is 10.1. The van der Waals surface area contributed by atoms with E-state index in [1.54, 1.807) is 7.11 Å². The maximum Gasteiger partial charge on any atom is 0.169 e. The number of thiocarbonyl (C=S) groups is 1. The van der Waals surface area contributed by atoms with Crippen LogP contribution >= 0.6 is 12.2 Å². The number of benzene rings is 1. The molecular formula is C22H35N3O2S. The van der Waals surface area contributed by atoms with E-state index in [4.69, 9.17) is 21.7 Å². The van der Waals surface area contributed by atoms with Crippen molar-refractivity contribution in [1.29, 1.82) is 0 Å². The van der Waals surface area contributed by atoms with E-state index >= 15 is 0 Å². The van der Waals surface area contributed by atoms with Gasteiger partial charge in [0.15, 0.2) is 5.11 Å². The molecule has 1 heterocycles. The van der Waals surface area contributed by atoms with Gasteiger partial charge in [0.2, 0.25) is 0 Å². The van der Waals surface area contributed by atoms with Crippen molar-refractivity contribution in [3.05, 3.63) is 29.8 Å². The van der Waals surface area contributed by atoms with Gasteiger partial charge in [-0.2, -0.15) is 0 Å². The van der Waals surface area contributed by atoms with Crippen LogP contribution in [-0.2, 0) is 11.3 Å². The summed E-state index contributed by atoms with van der Waals surface area (Å²) in [6, 6.07) is 8.76. The number of ether oxygens (including phenoxy) is 2. The van der Waals surface area contributed by atoms with Crippen molar-refractivity contribution in [1.82, 2.24) is 15.1 Å². The minimum atomic E-state index is 0.513. The van der Waals surface area contributed by atoms with Crippen LogP contribution in [0.25, 0.3) is 0 Å². The minimum Gasteiger partial charge on any atom is -0.496 e. The highest BCUT2D eigenvalue weighted by atomic mass is 32.1. The van der Waals surface area contributed by atoms with Crippen molar-refractivity contribution in [2.24, 2.45) is 0 Å². The Kier molecular flexibility index (Phi) is 8.83. The second kappa shape index (κ2) is 11.6. The standard InChI is InChI=1S/C22H35N3O2S/c1-26-21-11-7-6-8-19(21)18-25(13-12-24-14-16-27-17-15-24)22(28)23-20-9-4-2-3-5-10-20/h6-8,11,20H,2-5,9-10,12-18H2,1H3,(H,23,28). The normalized spacial score (nSPS) is 19.0. The van der Waals surface area contributed by atoms with E-state index in [9.17, 15) is 0 Å². The first kappa shape index (κ1) is 21.3. The predicted molar refractivity (Wildman–Crippen MR) is 118 cm³/mol. The SMILES string of the molecule is COc1ccccc1CN(CCN1CCOCC1)C(=S)NC1CCCCCC1. The van der Waals surface area contributed by atoms with Crippen molar-refractivity contribution in [3.63, 3.8) is 0 Å². The molecule has 28 heavy (non-hydrogen) atoms. The second-order valence-corrected chi connectivity index (χ2v) is 8.21. The second-order valence-electron chi connectivity index (χ2n) is 7.83. The number of para-hydroxylation sites is 1. The number of methoxy groups -OCH3 is 1. The van der Waals surface area contributed by atoms with E-state index in [1.165, 1.54) is 44.1 Å². The quantitative estimate of drug-likeness (QED) is 0.553. The van der Waals surface area contributed by atoms with Crippen molar-refractivity contribution < 1.29 is 9.47 Å². The summed E-state index contributed by atoms with van der Waals surface area (Å²) in [6.07, 6.45) is 7.78. The first-order chi connectivity index (χ1) is 13.8. The van der Waals surface area contributed by atoms with Crippen LogP contribution in [0.3, 0.4) is 0 Å². The molecule has 0 atom stereocenters. The molecule has 1 aromatic carbocycles. The molecule has 6 heteroatoms. The summed E-state index contributed by atoms with van der Waals surface area (Å²) in [6.45, 7) is 6.36. The summed E-state index contributed by atoms with van der Waals surface area (Å²) in [7, 11) is 1.74. The molecule has 0 bridgehead atoms. The summed E-state index contributed by atoms with van der Waals surface area (Å²) >= 11 is 5.88. The maximum absolute atomic E-state index is 5.88. The molecule has 2 fully saturated rings. The van der Waals surface area contributed by atoms with Gasteiger partial charge < -0.3 is 19.7 Å². The van der Waals surface area contributed by atoms with Gasteiger partial charge in [0, 0.05) is 44.3 Å². The molecule has 1 aliphatic carbocycles. The van der Waals surface area contributed by atoms with Gasteiger partial charge in [-0.25, -0.2) is 0 Å². The average molecular weight is 406 g/mol. The fraction of sp³-hybridized carbons (Fsp3) is 0.682. The molecule has 2 aliphatic rings. The van der Waals surface area contributed by atoms with Crippen molar-refractivity contribution in [3.8, 4) is 5.75 Å². The summed E-state index contributed by atoms with van der Waals surface area (Å²) in [5.74, 6) is 0.927. The van der Waals surface area contributed by atoms with Gasteiger partial charge in [0.1, 0.15) is 5.75 Å². The van der Waals surface area contributed by atoms with Gasteiger partial charge in [-0.05, 0) is 31.1 Å². The third kappa shape index (κ3) is 6.61. The summed E-state index contributed by atoms with van der Waals surface area (Å²) in [5, 5.41) is 4.56. The highest BCUT2D eigenvalue weighted by Gasteiger charge is 2.19. The summed E-state index contributed by atoms with van der Waals surface area (Å²) in [4.78, 5) is 4.78. The number of nitrogens with zero attached hydrogens (tertiary/aromatic N) is 2. The van der Waals surface area contributed by atoms with E-state index < -0.39 is 0 Å². The predicted octanol–water partition coefficient (Wildman–Crippen LogP) is 3.43. The first-order valence-electron chi connectivity index (χ1n) is 10.7. The molecule has 0 spiro atoms. The number of morpholine rings is 1. The summed E-state index contributed by atoms with van der Waals surface area (Å²) in [5.41, 5.74) is 1.18. The van der Waals surface area contributed by atoms with Crippen LogP contribution in [0, 0.1) is 0 Å². The van der Waals surface area contributed by atoms with Gasteiger partial charge in [-0.15, -0.1) is 0 Å². The molecule has 1 saturated carbocycles. The monoisotopic (exact) mass is 405 g/mol.